The zero-order chi connectivity index (χ0) is 14.5. The minimum atomic E-state index is -0.576. The summed E-state index contributed by atoms with van der Waals surface area (Å²) in [5.41, 5.74) is -0.576. The van der Waals surface area contributed by atoms with Crippen LogP contribution in [0.3, 0.4) is 0 Å². The summed E-state index contributed by atoms with van der Waals surface area (Å²) < 4.78 is 15.3. The fourth-order valence-corrected chi connectivity index (χ4v) is 1.83. The van der Waals surface area contributed by atoms with Gasteiger partial charge in [0.2, 0.25) is 0 Å². The third kappa shape index (κ3) is 5.57. The van der Waals surface area contributed by atoms with E-state index in [0.29, 0.717) is 19.8 Å². The predicted molar refractivity (Wildman–Crippen MR) is 68.7 cm³/mol. The number of nitrogens with zero attached hydrogens (tertiary/aromatic N) is 1. The van der Waals surface area contributed by atoms with Gasteiger partial charge in [-0.05, 0) is 27.3 Å². The van der Waals surface area contributed by atoms with Crippen molar-refractivity contribution in [2.75, 3.05) is 32.9 Å². The Morgan fingerprint density at radius 1 is 1.37 bits per heavy atom. The van der Waals surface area contributed by atoms with Crippen LogP contribution >= 0.6 is 0 Å². The van der Waals surface area contributed by atoms with Crippen LogP contribution in [0.5, 0.6) is 0 Å². The molecule has 6 nitrogen and oxygen atoms in total. The molecule has 0 aromatic rings. The first kappa shape index (κ1) is 15.9. The maximum atomic E-state index is 11.9. The molecule has 0 amide bonds. The smallest absolute Gasteiger partial charge is 0.344 e. The van der Waals surface area contributed by atoms with E-state index >= 15 is 0 Å². The minimum Gasteiger partial charge on any atom is -0.457 e. The molecule has 0 aromatic heterocycles. The highest BCUT2D eigenvalue weighted by Gasteiger charge is 2.30. The molecule has 0 bridgehead atoms. The molecule has 6 heteroatoms. The van der Waals surface area contributed by atoms with Crippen LogP contribution in [0.1, 0.15) is 27.7 Å². The van der Waals surface area contributed by atoms with Gasteiger partial charge < -0.3 is 14.2 Å². The van der Waals surface area contributed by atoms with E-state index in [0.717, 1.165) is 6.54 Å². The molecule has 1 aliphatic rings. The molecule has 0 N–H and O–H groups in total. The Kier molecular flexibility index (Phi) is 5.75. The van der Waals surface area contributed by atoms with E-state index in [1.807, 2.05) is 11.8 Å². The average molecular weight is 273 g/mol. The first-order chi connectivity index (χ1) is 8.83. The van der Waals surface area contributed by atoms with E-state index in [1.54, 1.807) is 20.8 Å². The molecule has 19 heavy (non-hydrogen) atoms. The summed E-state index contributed by atoms with van der Waals surface area (Å²) in [5.74, 6) is -0.979. The summed E-state index contributed by atoms with van der Waals surface area (Å²) in [5, 5.41) is 0. The highest BCUT2D eigenvalue weighted by Crippen LogP contribution is 2.10. The highest BCUT2D eigenvalue weighted by atomic mass is 16.6. The van der Waals surface area contributed by atoms with Crippen molar-refractivity contribution in [3.63, 3.8) is 0 Å². The van der Waals surface area contributed by atoms with Gasteiger partial charge in [0.05, 0.1) is 13.2 Å². The third-order valence-corrected chi connectivity index (χ3v) is 2.67. The number of hydrogen-bond donors (Lipinski definition) is 0. The molecule has 1 atom stereocenters. The van der Waals surface area contributed by atoms with E-state index in [2.05, 4.69) is 0 Å². The zero-order valence-electron chi connectivity index (χ0n) is 12.1. The van der Waals surface area contributed by atoms with E-state index in [1.165, 1.54) is 0 Å². The second-order valence-electron chi connectivity index (χ2n) is 5.41. The van der Waals surface area contributed by atoms with Crippen molar-refractivity contribution in [2.45, 2.75) is 39.3 Å². The summed E-state index contributed by atoms with van der Waals surface area (Å²) in [6.45, 7) is 9.27. The molecule has 1 rings (SSSR count). The Labute approximate surface area is 114 Å². The van der Waals surface area contributed by atoms with Crippen molar-refractivity contribution in [1.29, 1.82) is 0 Å². The molecule has 1 saturated heterocycles. The van der Waals surface area contributed by atoms with E-state index in [4.69, 9.17) is 14.2 Å². The molecule has 0 aromatic carbocycles. The molecule has 110 valence electrons. The van der Waals surface area contributed by atoms with Gasteiger partial charge in [0, 0.05) is 6.54 Å². The van der Waals surface area contributed by atoms with Gasteiger partial charge in [-0.15, -0.1) is 0 Å². The maximum absolute atomic E-state index is 11.9. The van der Waals surface area contributed by atoms with Gasteiger partial charge in [-0.1, -0.05) is 6.92 Å². The van der Waals surface area contributed by atoms with Crippen molar-refractivity contribution in [1.82, 2.24) is 4.90 Å². The number of morpholine rings is 1. The van der Waals surface area contributed by atoms with Gasteiger partial charge in [0.1, 0.15) is 11.6 Å². The van der Waals surface area contributed by atoms with Crippen LogP contribution in [-0.2, 0) is 23.8 Å². The Hall–Kier alpha value is -1.14. The molecule has 1 aliphatic heterocycles. The molecule has 0 saturated carbocycles. The monoisotopic (exact) mass is 273 g/mol. The quantitative estimate of drug-likeness (QED) is 0.699. The molecule has 0 aliphatic carbocycles. The van der Waals surface area contributed by atoms with Crippen LogP contribution in [0.4, 0.5) is 0 Å². The van der Waals surface area contributed by atoms with E-state index in [-0.39, 0.29) is 6.61 Å². The van der Waals surface area contributed by atoms with E-state index in [9.17, 15) is 9.59 Å². The number of carbonyl (C=O) groups excluding carboxylic acids is 2. The number of ether oxygens (including phenoxy) is 3. The van der Waals surface area contributed by atoms with Crippen LogP contribution in [0.25, 0.3) is 0 Å². The summed E-state index contributed by atoms with van der Waals surface area (Å²) in [6, 6.07) is -0.429. The number of hydrogen-bond acceptors (Lipinski definition) is 6. The lowest BCUT2D eigenvalue weighted by molar-refractivity contribution is -0.171. The Balaban J connectivity index is 2.39. The number of likely N-dealkylation sites (N-methyl/N-ethyl adjacent to an activating group) is 1. The molecular weight excluding hydrogens is 250 g/mol. The Morgan fingerprint density at radius 3 is 2.63 bits per heavy atom. The second-order valence-corrected chi connectivity index (χ2v) is 5.41. The molecule has 0 spiro atoms. The molecule has 0 unspecified atom stereocenters. The largest absolute Gasteiger partial charge is 0.457 e. The summed E-state index contributed by atoms with van der Waals surface area (Å²) in [4.78, 5) is 25.3. The molecule has 1 fully saturated rings. The predicted octanol–water partition coefficient (Wildman–Crippen LogP) is 0.592. The average Bonchev–Trinajstić information content (AvgIpc) is 2.33. The lowest BCUT2D eigenvalue weighted by Crippen LogP contribution is -2.50. The summed E-state index contributed by atoms with van der Waals surface area (Å²) >= 11 is 0. The SMILES string of the molecule is CCN1CCOC[C@@H]1C(=O)OCC(=O)OC(C)(C)C. The van der Waals surface area contributed by atoms with Crippen molar-refractivity contribution < 1.29 is 23.8 Å². The number of rotatable bonds is 4. The standard InChI is InChI=1S/C13H23NO5/c1-5-14-6-7-17-8-10(14)12(16)18-9-11(15)19-13(2,3)4/h10H,5-9H2,1-4H3/t10-/m1/s1. The van der Waals surface area contributed by atoms with Gasteiger partial charge in [-0.2, -0.15) is 0 Å². The highest BCUT2D eigenvalue weighted by molar-refractivity contribution is 5.80. The Morgan fingerprint density at radius 2 is 2.05 bits per heavy atom. The van der Waals surface area contributed by atoms with Gasteiger partial charge in [-0.3, -0.25) is 9.69 Å². The van der Waals surface area contributed by atoms with Gasteiger partial charge in [0.25, 0.3) is 0 Å². The summed E-state index contributed by atoms with van der Waals surface area (Å²) in [7, 11) is 0. The lowest BCUT2D eigenvalue weighted by atomic mass is 10.2. The van der Waals surface area contributed by atoms with Crippen LogP contribution < -0.4 is 0 Å². The van der Waals surface area contributed by atoms with Crippen molar-refractivity contribution in [2.24, 2.45) is 0 Å². The Bertz CT molecular complexity index is 323. The minimum absolute atomic E-state index is 0.307. The second kappa shape index (κ2) is 6.86. The lowest BCUT2D eigenvalue weighted by Gasteiger charge is -2.32. The topological polar surface area (TPSA) is 65.1 Å². The molecular formula is C13H23NO5. The van der Waals surface area contributed by atoms with Crippen LogP contribution in [0, 0.1) is 0 Å². The summed E-state index contributed by atoms with van der Waals surface area (Å²) in [6.07, 6.45) is 0. The van der Waals surface area contributed by atoms with Crippen molar-refractivity contribution >= 4 is 11.9 Å². The molecule has 0 radical (unpaired) electrons. The zero-order valence-corrected chi connectivity index (χ0v) is 12.1. The van der Waals surface area contributed by atoms with Crippen LogP contribution in [0.2, 0.25) is 0 Å². The van der Waals surface area contributed by atoms with Crippen LogP contribution in [0.15, 0.2) is 0 Å². The van der Waals surface area contributed by atoms with E-state index < -0.39 is 23.6 Å². The van der Waals surface area contributed by atoms with Crippen molar-refractivity contribution in [3.8, 4) is 0 Å². The molecule has 1 heterocycles. The fourth-order valence-electron chi connectivity index (χ4n) is 1.83. The first-order valence-corrected chi connectivity index (χ1v) is 6.53. The van der Waals surface area contributed by atoms with Gasteiger partial charge >= 0.3 is 11.9 Å². The van der Waals surface area contributed by atoms with Gasteiger partial charge in [-0.25, -0.2) is 4.79 Å². The van der Waals surface area contributed by atoms with Gasteiger partial charge in [0.15, 0.2) is 6.61 Å². The fraction of sp³-hybridized carbons (Fsp3) is 0.846. The number of esters is 2. The number of carbonyl (C=O) groups is 2. The van der Waals surface area contributed by atoms with Crippen LogP contribution in [-0.4, -0.2) is 61.4 Å². The third-order valence-electron chi connectivity index (χ3n) is 2.67. The maximum Gasteiger partial charge on any atom is 0.344 e. The first-order valence-electron chi connectivity index (χ1n) is 6.53. The normalized spacial score (nSPS) is 20.9. The van der Waals surface area contributed by atoms with Crippen molar-refractivity contribution in [3.05, 3.63) is 0 Å².